The zero-order valence-electron chi connectivity index (χ0n) is 15.0. The lowest BCUT2D eigenvalue weighted by atomic mass is 10.1. The molecule has 2 heterocycles. The first-order chi connectivity index (χ1) is 12.7. The van der Waals surface area contributed by atoms with Crippen molar-refractivity contribution >= 4 is 28.2 Å². The van der Waals surface area contributed by atoms with Gasteiger partial charge in [-0.15, -0.1) is 5.10 Å². The van der Waals surface area contributed by atoms with E-state index < -0.39 is 0 Å². The van der Waals surface area contributed by atoms with Gasteiger partial charge < -0.3 is 4.90 Å². The first-order valence-electron chi connectivity index (χ1n) is 9.14. The Morgan fingerprint density at radius 1 is 0.885 bits per heavy atom. The van der Waals surface area contributed by atoms with Gasteiger partial charge in [0.05, 0.1) is 5.69 Å². The van der Waals surface area contributed by atoms with Gasteiger partial charge >= 0.3 is 0 Å². The summed E-state index contributed by atoms with van der Waals surface area (Å²) in [5.74, 6) is 1.01. The maximum atomic E-state index is 5.99. The number of aryl methyl sites for hydroxylation is 1. The van der Waals surface area contributed by atoms with Crippen molar-refractivity contribution in [2.45, 2.75) is 19.9 Å². The van der Waals surface area contributed by atoms with Crippen molar-refractivity contribution in [3.05, 3.63) is 64.8 Å². The van der Waals surface area contributed by atoms with Gasteiger partial charge in [0.1, 0.15) is 0 Å². The Labute approximate surface area is 159 Å². The molecule has 1 aliphatic heterocycles. The van der Waals surface area contributed by atoms with Gasteiger partial charge in [0.2, 0.25) is 0 Å². The van der Waals surface area contributed by atoms with Crippen LogP contribution in [0, 0.1) is 6.92 Å². The van der Waals surface area contributed by atoms with Crippen LogP contribution in [0.5, 0.6) is 0 Å². The van der Waals surface area contributed by atoms with Gasteiger partial charge in [-0.1, -0.05) is 48.0 Å². The van der Waals surface area contributed by atoms with Crippen molar-refractivity contribution in [3.63, 3.8) is 0 Å². The molecule has 5 heteroatoms. The third-order valence-electron chi connectivity index (χ3n) is 5.06. The highest BCUT2D eigenvalue weighted by molar-refractivity contribution is 6.30. The fourth-order valence-corrected chi connectivity index (χ4v) is 3.77. The van der Waals surface area contributed by atoms with E-state index in [2.05, 4.69) is 56.4 Å². The maximum absolute atomic E-state index is 5.99. The largest absolute Gasteiger partial charge is 0.353 e. The number of benzene rings is 2. The average Bonchev–Trinajstić information content (AvgIpc) is 2.90. The minimum Gasteiger partial charge on any atom is -0.353 e. The van der Waals surface area contributed by atoms with E-state index in [-0.39, 0.29) is 0 Å². The Morgan fingerprint density at radius 3 is 2.46 bits per heavy atom. The number of nitrogens with zero attached hydrogens (tertiary/aromatic N) is 4. The number of halogens is 1. The van der Waals surface area contributed by atoms with Crippen LogP contribution in [0.2, 0.25) is 5.02 Å². The lowest BCUT2D eigenvalue weighted by Crippen LogP contribution is -2.31. The molecule has 2 aromatic carbocycles. The van der Waals surface area contributed by atoms with Crippen LogP contribution in [0.15, 0.2) is 48.5 Å². The summed E-state index contributed by atoms with van der Waals surface area (Å²) < 4.78 is 0. The monoisotopic (exact) mass is 366 g/mol. The molecule has 0 atom stereocenters. The van der Waals surface area contributed by atoms with Gasteiger partial charge in [-0.3, -0.25) is 4.90 Å². The quantitative estimate of drug-likeness (QED) is 0.691. The van der Waals surface area contributed by atoms with Crippen LogP contribution < -0.4 is 4.90 Å². The van der Waals surface area contributed by atoms with Crippen molar-refractivity contribution in [1.82, 2.24) is 15.1 Å². The van der Waals surface area contributed by atoms with Crippen LogP contribution in [0.4, 0.5) is 5.82 Å². The predicted molar refractivity (Wildman–Crippen MR) is 108 cm³/mol. The van der Waals surface area contributed by atoms with E-state index in [0.717, 1.165) is 55.7 Å². The summed E-state index contributed by atoms with van der Waals surface area (Å²) in [5.41, 5.74) is 2.30. The number of rotatable bonds is 3. The SMILES string of the molecule is Cc1nnc(N2CCCN(Cc3ccc(Cl)cc3)CC2)c2ccccc12. The van der Waals surface area contributed by atoms with Crippen molar-refractivity contribution in [3.8, 4) is 0 Å². The Kier molecular flexibility index (Phi) is 5.05. The Morgan fingerprint density at radius 2 is 1.65 bits per heavy atom. The highest BCUT2D eigenvalue weighted by Gasteiger charge is 2.19. The summed E-state index contributed by atoms with van der Waals surface area (Å²) >= 11 is 5.99. The summed E-state index contributed by atoms with van der Waals surface area (Å²) in [6.07, 6.45) is 1.12. The number of hydrogen-bond donors (Lipinski definition) is 0. The van der Waals surface area contributed by atoms with Gasteiger partial charge in [-0.05, 0) is 31.0 Å². The molecule has 0 amide bonds. The van der Waals surface area contributed by atoms with Gasteiger partial charge in [0, 0.05) is 48.5 Å². The first-order valence-corrected chi connectivity index (χ1v) is 9.52. The summed E-state index contributed by atoms with van der Waals surface area (Å²) in [6, 6.07) is 16.6. The minimum atomic E-state index is 0.792. The van der Waals surface area contributed by atoms with E-state index >= 15 is 0 Å². The Balaban J connectivity index is 1.50. The van der Waals surface area contributed by atoms with Crippen molar-refractivity contribution in [2.75, 3.05) is 31.1 Å². The van der Waals surface area contributed by atoms with E-state index in [0.29, 0.717) is 0 Å². The molecule has 1 saturated heterocycles. The molecule has 0 spiro atoms. The average molecular weight is 367 g/mol. The molecule has 3 aromatic rings. The van der Waals surface area contributed by atoms with Crippen molar-refractivity contribution in [1.29, 1.82) is 0 Å². The van der Waals surface area contributed by atoms with E-state index in [1.165, 1.54) is 16.3 Å². The smallest absolute Gasteiger partial charge is 0.159 e. The third-order valence-corrected chi connectivity index (χ3v) is 5.31. The molecule has 0 saturated carbocycles. The highest BCUT2D eigenvalue weighted by atomic mass is 35.5. The second-order valence-electron chi connectivity index (χ2n) is 6.90. The lowest BCUT2D eigenvalue weighted by molar-refractivity contribution is 0.285. The number of anilines is 1. The molecule has 1 fully saturated rings. The zero-order chi connectivity index (χ0) is 17.9. The Bertz CT molecular complexity index is 894. The van der Waals surface area contributed by atoms with Gasteiger partial charge in [0.25, 0.3) is 0 Å². The molecule has 4 nitrogen and oxygen atoms in total. The number of aromatic nitrogens is 2. The van der Waals surface area contributed by atoms with Crippen LogP contribution in [-0.4, -0.2) is 41.3 Å². The van der Waals surface area contributed by atoms with Gasteiger partial charge in [-0.25, -0.2) is 0 Å². The molecule has 0 unspecified atom stereocenters. The summed E-state index contributed by atoms with van der Waals surface area (Å²) in [7, 11) is 0. The van der Waals surface area contributed by atoms with Crippen molar-refractivity contribution in [2.24, 2.45) is 0 Å². The van der Waals surface area contributed by atoms with Crippen LogP contribution in [0.1, 0.15) is 17.7 Å². The second kappa shape index (κ2) is 7.60. The molecule has 134 valence electrons. The van der Waals surface area contributed by atoms with Crippen LogP contribution in [-0.2, 0) is 6.54 Å². The maximum Gasteiger partial charge on any atom is 0.159 e. The van der Waals surface area contributed by atoms with E-state index in [9.17, 15) is 0 Å². The minimum absolute atomic E-state index is 0.792. The highest BCUT2D eigenvalue weighted by Crippen LogP contribution is 2.26. The molecule has 0 N–H and O–H groups in total. The van der Waals surface area contributed by atoms with Crippen molar-refractivity contribution < 1.29 is 0 Å². The summed E-state index contributed by atoms with van der Waals surface area (Å²) in [4.78, 5) is 4.89. The molecule has 0 bridgehead atoms. The van der Waals surface area contributed by atoms with Crippen LogP contribution >= 0.6 is 11.6 Å². The van der Waals surface area contributed by atoms with Crippen LogP contribution in [0.25, 0.3) is 10.8 Å². The lowest BCUT2D eigenvalue weighted by Gasteiger charge is -2.23. The number of fused-ring (bicyclic) bond motifs is 1. The molecule has 1 aliphatic rings. The van der Waals surface area contributed by atoms with E-state index in [1.807, 2.05) is 19.1 Å². The first kappa shape index (κ1) is 17.3. The van der Waals surface area contributed by atoms with Gasteiger partial charge in [0.15, 0.2) is 5.82 Å². The fraction of sp³-hybridized carbons (Fsp3) is 0.333. The molecule has 4 rings (SSSR count). The molecular formula is C21H23ClN4. The zero-order valence-corrected chi connectivity index (χ0v) is 15.8. The number of hydrogen-bond acceptors (Lipinski definition) is 4. The summed E-state index contributed by atoms with van der Waals surface area (Å²) in [5, 5.41) is 12.1. The molecule has 0 aliphatic carbocycles. The Hall–Kier alpha value is -2.17. The molecular weight excluding hydrogens is 344 g/mol. The van der Waals surface area contributed by atoms with Crippen LogP contribution in [0.3, 0.4) is 0 Å². The molecule has 1 aromatic heterocycles. The predicted octanol–water partition coefficient (Wildman–Crippen LogP) is 4.30. The fourth-order valence-electron chi connectivity index (χ4n) is 3.65. The molecule has 26 heavy (non-hydrogen) atoms. The molecule has 0 radical (unpaired) electrons. The standard InChI is InChI=1S/C21H23ClN4/c1-16-19-5-2-3-6-20(19)21(24-23-16)26-12-4-11-25(13-14-26)15-17-7-9-18(22)10-8-17/h2-3,5-10H,4,11-15H2,1H3. The summed E-state index contributed by atoms with van der Waals surface area (Å²) in [6.45, 7) is 7.08. The third kappa shape index (κ3) is 3.67. The second-order valence-corrected chi connectivity index (χ2v) is 7.33. The van der Waals surface area contributed by atoms with E-state index in [1.54, 1.807) is 0 Å². The van der Waals surface area contributed by atoms with Gasteiger partial charge in [-0.2, -0.15) is 5.10 Å². The van der Waals surface area contributed by atoms with E-state index in [4.69, 9.17) is 11.6 Å². The normalized spacial score (nSPS) is 16.0. The topological polar surface area (TPSA) is 32.3 Å².